The van der Waals surface area contributed by atoms with Gasteiger partial charge in [0.05, 0.1) is 0 Å². The predicted octanol–water partition coefficient (Wildman–Crippen LogP) is 2.57. The maximum atomic E-state index is 12.1. The van der Waals surface area contributed by atoms with E-state index in [1.54, 1.807) is 37.5 Å². The summed E-state index contributed by atoms with van der Waals surface area (Å²) in [5, 5.41) is 6.80. The topological polar surface area (TPSA) is 65.4 Å². The number of aromatic nitrogens is 2. The number of ether oxygens (including phenoxy) is 2. The average molecular weight is 287 g/mol. The van der Waals surface area contributed by atoms with Gasteiger partial charge in [-0.15, -0.1) is 0 Å². The van der Waals surface area contributed by atoms with Crippen LogP contribution in [0.5, 0.6) is 11.5 Å². The minimum atomic E-state index is -0.632. The Labute approximate surface area is 122 Å². The fraction of sp³-hybridized carbons (Fsp3) is 0.333. The Morgan fingerprint density at radius 3 is 2.76 bits per heavy atom. The molecule has 6 heteroatoms. The number of amides is 1. The Morgan fingerprint density at radius 2 is 2.10 bits per heavy atom. The second-order valence-corrected chi connectivity index (χ2v) is 5.15. The molecule has 3 rings (SSSR count). The molecule has 1 N–H and O–H groups in total. The second kappa shape index (κ2) is 4.80. The molecule has 1 aromatic carbocycles. The van der Waals surface area contributed by atoms with Crippen molar-refractivity contribution in [2.45, 2.75) is 26.1 Å². The summed E-state index contributed by atoms with van der Waals surface area (Å²) in [4.78, 5) is 12.1. The van der Waals surface area contributed by atoms with Crippen LogP contribution in [0.4, 0.5) is 5.69 Å². The summed E-state index contributed by atoms with van der Waals surface area (Å²) < 4.78 is 13.1. The molecule has 0 aliphatic carbocycles. The molecule has 2 aromatic rings. The zero-order valence-corrected chi connectivity index (χ0v) is 12.2. The zero-order chi connectivity index (χ0) is 15.0. The highest BCUT2D eigenvalue weighted by Crippen LogP contribution is 2.42. The number of carbonyl (C=O) groups excluding carboxylic acids is 1. The molecule has 6 nitrogen and oxygen atoms in total. The third-order valence-electron chi connectivity index (χ3n) is 3.55. The second-order valence-electron chi connectivity index (χ2n) is 5.15. The lowest BCUT2D eigenvalue weighted by molar-refractivity contribution is -0.0640. The van der Waals surface area contributed by atoms with E-state index in [0.29, 0.717) is 22.9 Å². The van der Waals surface area contributed by atoms with E-state index in [4.69, 9.17) is 9.47 Å². The van der Waals surface area contributed by atoms with E-state index in [0.717, 1.165) is 6.42 Å². The number of carbonyl (C=O) groups is 1. The number of nitrogens with zero attached hydrogens (tertiary/aromatic N) is 2. The molecule has 2 heterocycles. The number of nitrogens with one attached hydrogen (secondary N) is 1. The molecular formula is C15H17N3O3. The van der Waals surface area contributed by atoms with E-state index in [1.165, 1.54) is 4.68 Å². The Hall–Kier alpha value is -2.50. The molecule has 21 heavy (non-hydrogen) atoms. The summed E-state index contributed by atoms with van der Waals surface area (Å²) in [7, 11) is 1.72. The van der Waals surface area contributed by atoms with Crippen LogP contribution in [0.1, 0.15) is 30.8 Å². The van der Waals surface area contributed by atoms with Gasteiger partial charge in [0.1, 0.15) is 5.69 Å². The lowest BCUT2D eigenvalue weighted by Gasteiger charge is -2.20. The highest BCUT2D eigenvalue weighted by Gasteiger charge is 2.35. The fourth-order valence-corrected chi connectivity index (χ4v) is 2.17. The van der Waals surface area contributed by atoms with Crippen LogP contribution in [0.2, 0.25) is 0 Å². The minimum Gasteiger partial charge on any atom is -0.449 e. The summed E-state index contributed by atoms with van der Waals surface area (Å²) in [6.07, 6.45) is 2.32. The third-order valence-corrected chi connectivity index (χ3v) is 3.55. The molecule has 0 spiro atoms. The quantitative estimate of drug-likeness (QED) is 0.942. The van der Waals surface area contributed by atoms with E-state index in [1.807, 2.05) is 13.8 Å². The van der Waals surface area contributed by atoms with Crippen LogP contribution >= 0.6 is 0 Å². The Bertz CT molecular complexity index is 695. The molecule has 1 aliphatic heterocycles. The van der Waals surface area contributed by atoms with Crippen molar-refractivity contribution >= 4 is 11.6 Å². The van der Waals surface area contributed by atoms with Crippen LogP contribution in [0.25, 0.3) is 0 Å². The van der Waals surface area contributed by atoms with Gasteiger partial charge in [0.15, 0.2) is 11.5 Å². The summed E-state index contributed by atoms with van der Waals surface area (Å²) in [6, 6.07) is 7.02. The zero-order valence-electron chi connectivity index (χ0n) is 12.2. The molecule has 0 saturated carbocycles. The molecule has 1 aliphatic rings. The number of benzene rings is 1. The number of hydrogen-bond acceptors (Lipinski definition) is 4. The molecule has 1 atom stereocenters. The van der Waals surface area contributed by atoms with Gasteiger partial charge in [-0.2, -0.15) is 5.10 Å². The number of aryl methyl sites for hydroxylation is 1. The molecule has 1 aromatic heterocycles. The highest BCUT2D eigenvalue weighted by atomic mass is 16.7. The fourth-order valence-electron chi connectivity index (χ4n) is 2.17. The Morgan fingerprint density at radius 1 is 1.33 bits per heavy atom. The summed E-state index contributed by atoms with van der Waals surface area (Å²) >= 11 is 0. The molecule has 110 valence electrons. The van der Waals surface area contributed by atoms with Crippen LogP contribution in [-0.2, 0) is 7.05 Å². The first-order valence-electron chi connectivity index (χ1n) is 6.82. The summed E-state index contributed by atoms with van der Waals surface area (Å²) in [6.45, 7) is 3.89. The third kappa shape index (κ3) is 2.44. The maximum absolute atomic E-state index is 12.1. The first kappa shape index (κ1) is 13.5. The van der Waals surface area contributed by atoms with Crippen molar-refractivity contribution in [2.24, 2.45) is 7.05 Å². The van der Waals surface area contributed by atoms with Crippen molar-refractivity contribution in [2.75, 3.05) is 5.32 Å². The molecule has 1 amide bonds. The van der Waals surface area contributed by atoms with E-state index >= 15 is 0 Å². The smallest absolute Gasteiger partial charge is 0.273 e. The van der Waals surface area contributed by atoms with Crippen molar-refractivity contribution in [3.63, 3.8) is 0 Å². The monoisotopic (exact) mass is 287 g/mol. The number of hydrogen-bond donors (Lipinski definition) is 1. The lowest BCUT2D eigenvalue weighted by atomic mass is 10.2. The van der Waals surface area contributed by atoms with E-state index < -0.39 is 5.79 Å². The first-order valence-corrected chi connectivity index (χ1v) is 6.82. The van der Waals surface area contributed by atoms with Gasteiger partial charge in [0, 0.05) is 38.3 Å². The Balaban J connectivity index is 1.79. The lowest BCUT2D eigenvalue weighted by Crippen LogP contribution is -2.33. The SMILES string of the molecule is CCC1(C)Oc2ccc(NC(=O)c3ccnn3C)cc2O1. The van der Waals surface area contributed by atoms with E-state index in [2.05, 4.69) is 10.4 Å². The summed E-state index contributed by atoms with van der Waals surface area (Å²) in [5.74, 6) is 0.486. The molecule has 0 fully saturated rings. The van der Waals surface area contributed by atoms with Crippen LogP contribution < -0.4 is 14.8 Å². The van der Waals surface area contributed by atoms with E-state index in [9.17, 15) is 4.79 Å². The largest absolute Gasteiger partial charge is 0.449 e. The number of anilines is 1. The van der Waals surface area contributed by atoms with Crippen molar-refractivity contribution in [1.82, 2.24) is 9.78 Å². The molecule has 0 radical (unpaired) electrons. The van der Waals surface area contributed by atoms with Gasteiger partial charge in [0.25, 0.3) is 5.91 Å². The van der Waals surface area contributed by atoms with Crippen molar-refractivity contribution in [3.8, 4) is 11.5 Å². The van der Waals surface area contributed by atoms with Gasteiger partial charge in [-0.25, -0.2) is 0 Å². The number of fused-ring (bicyclic) bond motifs is 1. The summed E-state index contributed by atoms with van der Waals surface area (Å²) in [5.41, 5.74) is 1.15. The standard InChI is InChI=1S/C15H17N3O3/c1-4-15(2)20-12-6-5-10(9-13(12)21-15)17-14(19)11-7-8-16-18(11)3/h5-9H,4H2,1-3H3,(H,17,19). The van der Waals surface area contributed by atoms with Crippen molar-refractivity contribution < 1.29 is 14.3 Å². The van der Waals surface area contributed by atoms with Gasteiger partial charge < -0.3 is 14.8 Å². The van der Waals surface area contributed by atoms with Crippen LogP contribution in [0.15, 0.2) is 30.5 Å². The van der Waals surface area contributed by atoms with Crippen LogP contribution in [-0.4, -0.2) is 21.5 Å². The van der Waals surface area contributed by atoms with Gasteiger partial charge in [-0.3, -0.25) is 9.48 Å². The van der Waals surface area contributed by atoms with Gasteiger partial charge in [-0.1, -0.05) is 6.92 Å². The predicted molar refractivity (Wildman–Crippen MR) is 77.6 cm³/mol. The number of rotatable bonds is 3. The van der Waals surface area contributed by atoms with Gasteiger partial charge in [-0.05, 0) is 18.2 Å². The maximum Gasteiger partial charge on any atom is 0.273 e. The van der Waals surface area contributed by atoms with Crippen molar-refractivity contribution in [3.05, 3.63) is 36.2 Å². The van der Waals surface area contributed by atoms with Crippen LogP contribution in [0.3, 0.4) is 0 Å². The normalized spacial score (nSPS) is 19.6. The van der Waals surface area contributed by atoms with Crippen LogP contribution in [0, 0.1) is 0 Å². The minimum absolute atomic E-state index is 0.216. The molecule has 0 bridgehead atoms. The first-order chi connectivity index (χ1) is 10.0. The van der Waals surface area contributed by atoms with Crippen molar-refractivity contribution in [1.29, 1.82) is 0 Å². The van der Waals surface area contributed by atoms with E-state index in [-0.39, 0.29) is 5.91 Å². The van der Waals surface area contributed by atoms with Gasteiger partial charge >= 0.3 is 0 Å². The molecule has 0 saturated heterocycles. The average Bonchev–Trinajstić information content (AvgIpc) is 3.01. The highest BCUT2D eigenvalue weighted by molar-refractivity contribution is 6.03. The molecule has 1 unspecified atom stereocenters. The Kier molecular flexibility index (Phi) is 3.08. The molecular weight excluding hydrogens is 270 g/mol. The van der Waals surface area contributed by atoms with Gasteiger partial charge in [0.2, 0.25) is 5.79 Å².